The first-order valence-electron chi connectivity index (χ1n) is 10.2. The van der Waals surface area contributed by atoms with Gasteiger partial charge in [-0.2, -0.15) is 0 Å². The summed E-state index contributed by atoms with van der Waals surface area (Å²) in [6, 6.07) is 4.76. The fraction of sp³-hybridized carbons (Fsp3) is 0.350. The largest absolute Gasteiger partial charge is 0.549 e. The van der Waals surface area contributed by atoms with Crippen LogP contribution in [0.5, 0.6) is 5.75 Å². The molecule has 3 heterocycles. The van der Waals surface area contributed by atoms with Gasteiger partial charge in [-0.05, 0) is 33.7 Å². The van der Waals surface area contributed by atoms with Gasteiger partial charge >= 0.3 is 0 Å². The molecule has 0 saturated carbocycles. The van der Waals surface area contributed by atoms with Gasteiger partial charge in [-0.25, -0.2) is 4.68 Å². The van der Waals surface area contributed by atoms with Crippen LogP contribution in [0.15, 0.2) is 40.7 Å². The Kier molecular flexibility index (Phi) is 6.66. The first kappa shape index (κ1) is 25.1. The maximum atomic E-state index is 13.1. The Balaban J connectivity index is 1.58. The minimum atomic E-state index is -2.20. The summed E-state index contributed by atoms with van der Waals surface area (Å²) >= 11 is 1.10. The maximum absolute atomic E-state index is 13.1. The molecule has 0 spiro atoms. The third-order valence-electron chi connectivity index (χ3n) is 5.62. The van der Waals surface area contributed by atoms with E-state index < -0.39 is 47.3 Å². The van der Waals surface area contributed by atoms with Crippen molar-refractivity contribution in [3.8, 4) is 5.75 Å². The van der Waals surface area contributed by atoms with Crippen LogP contribution >= 0.6 is 11.8 Å². The molecule has 15 nitrogen and oxygen atoms in total. The van der Waals surface area contributed by atoms with Crippen molar-refractivity contribution in [2.45, 2.75) is 23.0 Å². The number of nitrogens with zero attached hydrogens (tertiary/aromatic N) is 5. The number of aromatic hydroxyl groups is 1. The summed E-state index contributed by atoms with van der Waals surface area (Å²) in [6.45, 7) is -0.265. The SMILES string of the molecule is COC1(NC(=O)C(C(=O)[O-])c2ccc(O)cc2)C(=O)N2C(C(=O)[O-])=C(CSc3nnnn3C)COC21. The highest BCUT2D eigenvalue weighted by Crippen LogP contribution is 2.41. The molecule has 3 atom stereocenters. The van der Waals surface area contributed by atoms with Gasteiger partial charge in [0, 0.05) is 19.9 Å². The van der Waals surface area contributed by atoms with Crippen molar-refractivity contribution >= 4 is 35.5 Å². The van der Waals surface area contributed by atoms with Gasteiger partial charge in [0.1, 0.15) is 11.7 Å². The average molecular weight is 518 g/mol. The van der Waals surface area contributed by atoms with Gasteiger partial charge in [0.25, 0.3) is 11.6 Å². The van der Waals surface area contributed by atoms with Crippen LogP contribution in [0.4, 0.5) is 0 Å². The highest BCUT2D eigenvalue weighted by Gasteiger charge is 2.67. The van der Waals surface area contributed by atoms with Gasteiger partial charge in [-0.3, -0.25) is 14.5 Å². The minimum absolute atomic E-state index is 0.0300. The molecule has 0 bridgehead atoms. The van der Waals surface area contributed by atoms with Crippen LogP contribution in [0.25, 0.3) is 0 Å². The summed E-state index contributed by atoms with van der Waals surface area (Å²) in [5.41, 5.74) is -2.50. The maximum Gasteiger partial charge on any atom is 0.287 e. The topological polar surface area (TPSA) is 212 Å². The van der Waals surface area contributed by atoms with Gasteiger partial charge in [0.15, 0.2) is 6.23 Å². The number of phenolic OH excluding ortho intramolecular Hbond substituents is 1. The Labute approximate surface area is 206 Å². The number of rotatable bonds is 9. The molecule has 1 aromatic carbocycles. The lowest BCUT2D eigenvalue weighted by molar-refractivity contribution is -0.308. The molecule has 0 radical (unpaired) electrons. The molecular weight excluding hydrogens is 500 g/mol. The zero-order valence-electron chi connectivity index (χ0n) is 18.7. The van der Waals surface area contributed by atoms with E-state index in [2.05, 4.69) is 20.8 Å². The molecule has 2 aliphatic heterocycles. The van der Waals surface area contributed by atoms with Gasteiger partial charge in [-0.1, -0.05) is 23.9 Å². The minimum Gasteiger partial charge on any atom is -0.549 e. The number of tetrazole rings is 1. The van der Waals surface area contributed by atoms with E-state index in [0.29, 0.717) is 5.16 Å². The number of methoxy groups -OCH3 is 1. The Morgan fingerprint density at radius 2 is 2.03 bits per heavy atom. The Morgan fingerprint density at radius 3 is 2.58 bits per heavy atom. The van der Waals surface area contributed by atoms with E-state index in [-0.39, 0.29) is 29.2 Å². The number of fused-ring (bicyclic) bond motifs is 1. The predicted molar refractivity (Wildman–Crippen MR) is 112 cm³/mol. The molecule has 190 valence electrons. The number of thioether (sulfide) groups is 1. The molecule has 2 N–H and O–H groups in total. The molecule has 1 saturated heterocycles. The molecule has 36 heavy (non-hydrogen) atoms. The van der Waals surface area contributed by atoms with Crippen LogP contribution in [-0.4, -0.2) is 85.4 Å². The molecule has 1 aromatic heterocycles. The predicted octanol–water partition coefficient (Wildman–Crippen LogP) is -3.80. The Bertz CT molecular complexity index is 1260. The standard InChI is InChI=1S/C20H20N6O9S/c1-25-19(22-23-24-25)36-8-10-7-35-18-20(34-2,17(33)26(18)13(10)16(31)32)21-14(28)12(15(29)30)9-3-5-11(27)6-4-9/h3-6,12,18,27H,7-8H2,1-2H3,(H,21,28)(H,29,30)(H,31,32)/p-2. The molecule has 0 aliphatic carbocycles. The fourth-order valence-corrected chi connectivity index (χ4v) is 4.70. The third kappa shape index (κ3) is 4.14. The highest BCUT2D eigenvalue weighted by atomic mass is 32.2. The molecule has 1 fully saturated rings. The van der Waals surface area contributed by atoms with Gasteiger partial charge in [0.2, 0.25) is 11.1 Å². The van der Waals surface area contributed by atoms with Crippen LogP contribution in [-0.2, 0) is 35.7 Å². The van der Waals surface area contributed by atoms with E-state index in [9.17, 15) is 34.5 Å². The number of β-lactam (4-membered cyclic amide) rings is 1. The molecule has 2 amide bonds. The number of hydrogen-bond donors (Lipinski definition) is 2. The van der Waals surface area contributed by atoms with E-state index in [1.54, 1.807) is 7.05 Å². The number of hydrogen-bond acceptors (Lipinski definition) is 13. The second-order valence-corrected chi connectivity index (χ2v) is 8.67. The number of phenols is 1. The number of aromatic nitrogens is 4. The van der Waals surface area contributed by atoms with E-state index >= 15 is 0 Å². The summed E-state index contributed by atoms with van der Waals surface area (Å²) in [5.74, 6) is -7.58. The van der Waals surface area contributed by atoms with Crippen molar-refractivity contribution in [2.75, 3.05) is 19.5 Å². The number of carbonyl (C=O) groups is 4. The lowest BCUT2D eigenvalue weighted by atomic mass is 9.92. The first-order valence-corrected chi connectivity index (χ1v) is 11.2. The number of nitrogens with one attached hydrogen (secondary N) is 1. The number of carbonyl (C=O) groups excluding carboxylic acids is 4. The molecule has 4 rings (SSSR count). The Hall–Kier alpha value is -4.02. The number of carboxylic acids is 2. The number of aryl methyl sites for hydroxylation is 1. The molecule has 16 heteroatoms. The summed E-state index contributed by atoms with van der Waals surface area (Å²) in [5, 5.41) is 46.7. The zero-order chi connectivity index (χ0) is 26.2. The third-order valence-corrected chi connectivity index (χ3v) is 6.71. The average Bonchev–Trinajstić information content (AvgIpc) is 3.25. The second-order valence-electron chi connectivity index (χ2n) is 7.72. The number of benzene rings is 1. The Morgan fingerprint density at radius 1 is 1.33 bits per heavy atom. The van der Waals surface area contributed by atoms with E-state index in [4.69, 9.17) is 9.47 Å². The second kappa shape index (κ2) is 9.56. The molecular formula is C20H18N6O9S-2. The van der Waals surface area contributed by atoms with Crippen LogP contribution < -0.4 is 15.5 Å². The molecule has 3 unspecified atom stereocenters. The first-order chi connectivity index (χ1) is 17.1. The van der Waals surface area contributed by atoms with E-state index in [1.807, 2.05) is 0 Å². The van der Waals surface area contributed by atoms with Crippen molar-refractivity contribution in [3.05, 3.63) is 41.1 Å². The summed E-state index contributed by atoms with van der Waals surface area (Å²) < 4.78 is 12.3. The van der Waals surface area contributed by atoms with Crippen LogP contribution in [0.2, 0.25) is 0 Å². The van der Waals surface area contributed by atoms with Gasteiger partial charge in [0.05, 0.1) is 24.2 Å². The number of aliphatic carboxylic acids is 2. The van der Waals surface area contributed by atoms with Crippen molar-refractivity contribution in [2.24, 2.45) is 7.05 Å². The van der Waals surface area contributed by atoms with E-state index in [1.165, 1.54) is 28.9 Å². The quantitative estimate of drug-likeness (QED) is 0.141. The van der Waals surface area contributed by atoms with Crippen LogP contribution in [0.1, 0.15) is 11.5 Å². The fourth-order valence-electron chi connectivity index (χ4n) is 3.85. The van der Waals surface area contributed by atoms with E-state index in [0.717, 1.165) is 23.8 Å². The monoisotopic (exact) mass is 518 g/mol. The number of ether oxygens (including phenoxy) is 2. The smallest absolute Gasteiger partial charge is 0.287 e. The highest BCUT2D eigenvalue weighted by molar-refractivity contribution is 7.99. The van der Waals surface area contributed by atoms with Gasteiger partial charge < -0.3 is 39.7 Å². The van der Waals surface area contributed by atoms with Crippen molar-refractivity contribution in [1.29, 1.82) is 0 Å². The molecule has 2 aromatic rings. The number of amides is 2. The van der Waals surface area contributed by atoms with Gasteiger partial charge in [-0.15, -0.1) is 5.10 Å². The molecule has 2 aliphatic rings. The summed E-state index contributed by atoms with van der Waals surface area (Å²) in [6.07, 6.45) is -1.42. The number of carboxylic acid groups (broad SMARTS) is 2. The lowest BCUT2D eigenvalue weighted by Gasteiger charge is -2.56. The van der Waals surface area contributed by atoms with Crippen molar-refractivity contribution in [3.63, 3.8) is 0 Å². The lowest BCUT2D eigenvalue weighted by Crippen LogP contribution is -2.83. The van der Waals surface area contributed by atoms with Crippen molar-refractivity contribution < 1.29 is 44.0 Å². The zero-order valence-corrected chi connectivity index (χ0v) is 19.6. The van der Waals surface area contributed by atoms with Crippen LogP contribution in [0, 0.1) is 0 Å². The summed E-state index contributed by atoms with van der Waals surface area (Å²) in [4.78, 5) is 50.5. The normalized spacial score (nSPS) is 22.0. The van der Waals surface area contributed by atoms with Crippen molar-refractivity contribution in [1.82, 2.24) is 30.4 Å². The van der Waals surface area contributed by atoms with Crippen LogP contribution in [0.3, 0.4) is 0 Å². The summed E-state index contributed by atoms with van der Waals surface area (Å²) in [7, 11) is 2.67.